The van der Waals surface area contributed by atoms with Gasteiger partial charge in [-0.25, -0.2) is 12.7 Å². The first-order valence-corrected chi connectivity index (χ1v) is 13.1. The molecule has 8 heteroatoms. The first-order valence-electron chi connectivity index (χ1n) is 11.5. The third-order valence-electron chi connectivity index (χ3n) is 6.43. The van der Waals surface area contributed by atoms with Crippen LogP contribution in [0.4, 0.5) is 0 Å². The number of aromatic nitrogens is 1. The number of sulfonamides is 1. The predicted octanol–water partition coefficient (Wildman–Crippen LogP) is 3.81. The highest BCUT2D eigenvalue weighted by Gasteiger charge is 2.29. The number of fused-ring (bicyclic) bond motifs is 1. The standard InChI is InChI=1S/C25H31N3O4S/c1-2-33(30,31)28-12-10-19(11-13-28)23-17-27-24-21(23)15-20(16-22(24)25(26)29)32-14-6-9-18-7-4-3-5-8-18/h3-5,7-8,15-17,19,27H,2,6,9-14H2,1H3,(H2,26,29). The molecule has 3 aromatic rings. The number of amides is 1. The van der Waals surface area contributed by atoms with Gasteiger partial charge in [0.1, 0.15) is 5.75 Å². The molecule has 4 rings (SSSR count). The lowest BCUT2D eigenvalue weighted by Crippen LogP contribution is -2.38. The van der Waals surface area contributed by atoms with Gasteiger partial charge in [-0.3, -0.25) is 4.79 Å². The number of benzene rings is 2. The fourth-order valence-electron chi connectivity index (χ4n) is 4.58. The summed E-state index contributed by atoms with van der Waals surface area (Å²) >= 11 is 0. The van der Waals surface area contributed by atoms with E-state index in [9.17, 15) is 13.2 Å². The Morgan fingerprint density at radius 2 is 1.91 bits per heavy atom. The summed E-state index contributed by atoms with van der Waals surface area (Å²) in [4.78, 5) is 15.3. The Morgan fingerprint density at radius 3 is 2.58 bits per heavy atom. The van der Waals surface area contributed by atoms with Crippen molar-refractivity contribution in [2.45, 2.75) is 38.5 Å². The van der Waals surface area contributed by atoms with Crippen LogP contribution in [0.1, 0.15) is 53.6 Å². The smallest absolute Gasteiger partial charge is 0.250 e. The number of carbonyl (C=O) groups excluding carboxylic acids is 1. The molecule has 7 nitrogen and oxygen atoms in total. The molecule has 2 aromatic carbocycles. The van der Waals surface area contributed by atoms with Gasteiger partial charge in [-0.1, -0.05) is 30.3 Å². The van der Waals surface area contributed by atoms with E-state index in [4.69, 9.17) is 10.5 Å². The normalized spacial score (nSPS) is 15.7. The second-order valence-electron chi connectivity index (χ2n) is 8.51. The zero-order valence-corrected chi connectivity index (χ0v) is 19.7. The van der Waals surface area contributed by atoms with Crippen LogP contribution in [-0.4, -0.2) is 49.1 Å². The van der Waals surface area contributed by atoms with Gasteiger partial charge in [0.25, 0.3) is 5.91 Å². The summed E-state index contributed by atoms with van der Waals surface area (Å²) in [6.07, 6.45) is 5.17. The molecule has 1 aliphatic rings. The molecule has 1 aliphatic heterocycles. The molecule has 0 unspecified atom stereocenters. The summed E-state index contributed by atoms with van der Waals surface area (Å²) in [7, 11) is -3.17. The fourth-order valence-corrected chi connectivity index (χ4v) is 5.71. The minimum Gasteiger partial charge on any atom is -0.494 e. The van der Waals surface area contributed by atoms with Crippen LogP contribution in [0.3, 0.4) is 0 Å². The Bertz CT molecular complexity index is 1210. The van der Waals surface area contributed by atoms with Crippen LogP contribution in [0, 0.1) is 0 Å². The number of carbonyl (C=O) groups is 1. The minimum atomic E-state index is -3.17. The third-order valence-corrected chi connectivity index (χ3v) is 8.32. The number of H-pyrrole nitrogens is 1. The molecule has 0 atom stereocenters. The summed E-state index contributed by atoms with van der Waals surface area (Å²) in [6, 6.07) is 13.9. The summed E-state index contributed by atoms with van der Waals surface area (Å²) in [5, 5.41) is 0.918. The fraction of sp³-hybridized carbons (Fsp3) is 0.400. The average molecular weight is 470 g/mol. The van der Waals surface area contributed by atoms with Gasteiger partial charge in [0.15, 0.2) is 0 Å². The van der Waals surface area contributed by atoms with Gasteiger partial charge in [0.2, 0.25) is 10.0 Å². The number of primary amides is 1. The van der Waals surface area contributed by atoms with Gasteiger partial charge in [-0.05, 0) is 61.8 Å². The predicted molar refractivity (Wildman–Crippen MR) is 130 cm³/mol. The maximum Gasteiger partial charge on any atom is 0.250 e. The highest BCUT2D eigenvalue weighted by atomic mass is 32.2. The van der Waals surface area contributed by atoms with Gasteiger partial charge in [-0.15, -0.1) is 0 Å². The first kappa shape index (κ1) is 23.3. The molecule has 0 saturated carbocycles. The van der Waals surface area contributed by atoms with Crippen molar-refractivity contribution in [1.82, 2.24) is 9.29 Å². The maximum atomic E-state index is 12.2. The van der Waals surface area contributed by atoms with Crippen LogP contribution in [-0.2, 0) is 16.4 Å². The topological polar surface area (TPSA) is 105 Å². The van der Waals surface area contributed by atoms with E-state index in [0.717, 1.165) is 36.6 Å². The SMILES string of the molecule is CCS(=O)(=O)N1CCC(c2c[nH]c3c(C(N)=O)cc(OCCCc4ccccc4)cc23)CC1. The van der Waals surface area contributed by atoms with Crippen LogP contribution in [0.5, 0.6) is 5.75 Å². The number of nitrogens with one attached hydrogen (secondary N) is 1. The summed E-state index contributed by atoms with van der Waals surface area (Å²) in [5.41, 5.74) is 9.11. The van der Waals surface area contributed by atoms with E-state index < -0.39 is 15.9 Å². The van der Waals surface area contributed by atoms with Crippen molar-refractivity contribution < 1.29 is 17.9 Å². The highest BCUT2D eigenvalue weighted by molar-refractivity contribution is 7.89. The van der Waals surface area contributed by atoms with Crippen molar-refractivity contribution in [3.8, 4) is 5.75 Å². The first-order chi connectivity index (χ1) is 15.9. The van der Waals surface area contributed by atoms with E-state index >= 15 is 0 Å². The monoisotopic (exact) mass is 469 g/mol. The molecular weight excluding hydrogens is 438 g/mol. The van der Waals surface area contributed by atoms with Gasteiger partial charge >= 0.3 is 0 Å². The number of rotatable bonds is 9. The van der Waals surface area contributed by atoms with Gasteiger partial charge in [0.05, 0.1) is 23.4 Å². The van der Waals surface area contributed by atoms with Crippen LogP contribution in [0.25, 0.3) is 10.9 Å². The van der Waals surface area contributed by atoms with E-state index in [1.54, 1.807) is 17.3 Å². The van der Waals surface area contributed by atoms with Crippen LogP contribution < -0.4 is 10.5 Å². The number of ether oxygens (including phenoxy) is 1. The number of hydrogen-bond acceptors (Lipinski definition) is 4. The van der Waals surface area contributed by atoms with Crippen molar-refractivity contribution in [3.63, 3.8) is 0 Å². The van der Waals surface area contributed by atoms with E-state index in [2.05, 4.69) is 17.1 Å². The van der Waals surface area contributed by atoms with Gasteiger partial charge in [-0.2, -0.15) is 0 Å². The number of aryl methyl sites for hydroxylation is 1. The lowest BCUT2D eigenvalue weighted by atomic mass is 9.89. The number of nitrogens with two attached hydrogens (primary N) is 1. The molecule has 1 saturated heterocycles. The van der Waals surface area contributed by atoms with Gasteiger partial charge in [0, 0.05) is 24.7 Å². The quantitative estimate of drug-likeness (QED) is 0.465. The molecule has 1 amide bonds. The Morgan fingerprint density at radius 1 is 1.18 bits per heavy atom. The second kappa shape index (κ2) is 9.97. The van der Waals surface area contributed by atoms with E-state index in [0.29, 0.717) is 36.5 Å². The number of aromatic amines is 1. The average Bonchev–Trinajstić information content (AvgIpc) is 3.26. The zero-order valence-electron chi connectivity index (χ0n) is 18.9. The third kappa shape index (κ3) is 5.23. The lowest BCUT2D eigenvalue weighted by molar-refractivity contribution is 0.100. The summed E-state index contributed by atoms with van der Waals surface area (Å²) < 4.78 is 32.0. The highest BCUT2D eigenvalue weighted by Crippen LogP contribution is 2.36. The second-order valence-corrected chi connectivity index (χ2v) is 10.8. The lowest BCUT2D eigenvalue weighted by Gasteiger charge is -2.30. The minimum absolute atomic E-state index is 0.123. The largest absolute Gasteiger partial charge is 0.494 e. The van der Waals surface area contributed by atoms with Crippen LogP contribution in [0.15, 0.2) is 48.7 Å². The van der Waals surface area contributed by atoms with Crippen molar-refractivity contribution in [3.05, 3.63) is 65.4 Å². The molecule has 2 heterocycles. The van der Waals surface area contributed by atoms with Crippen molar-refractivity contribution in [2.75, 3.05) is 25.4 Å². The van der Waals surface area contributed by atoms with Crippen molar-refractivity contribution in [1.29, 1.82) is 0 Å². The Kier molecular flexibility index (Phi) is 7.05. The number of hydrogen-bond donors (Lipinski definition) is 2. The van der Waals surface area contributed by atoms with Gasteiger partial charge < -0.3 is 15.5 Å². The van der Waals surface area contributed by atoms with E-state index in [-0.39, 0.29) is 11.7 Å². The van der Waals surface area contributed by atoms with E-state index in [1.165, 1.54) is 5.56 Å². The molecule has 0 bridgehead atoms. The summed E-state index contributed by atoms with van der Waals surface area (Å²) in [5.74, 6) is 0.442. The molecule has 176 valence electrons. The Balaban J connectivity index is 1.50. The Hall–Kier alpha value is -2.84. The molecule has 1 aromatic heterocycles. The van der Waals surface area contributed by atoms with Crippen LogP contribution >= 0.6 is 0 Å². The molecule has 0 radical (unpaired) electrons. The molecular formula is C25H31N3O4S. The van der Waals surface area contributed by atoms with E-state index in [1.807, 2.05) is 30.5 Å². The summed E-state index contributed by atoms with van der Waals surface area (Å²) in [6.45, 7) is 3.22. The van der Waals surface area contributed by atoms with Crippen LogP contribution in [0.2, 0.25) is 0 Å². The molecule has 3 N–H and O–H groups in total. The van der Waals surface area contributed by atoms with Crippen molar-refractivity contribution >= 4 is 26.8 Å². The number of nitrogens with zero attached hydrogens (tertiary/aromatic N) is 1. The molecule has 0 spiro atoms. The van der Waals surface area contributed by atoms with Crippen molar-refractivity contribution in [2.24, 2.45) is 5.73 Å². The zero-order chi connectivity index (χ0) is 23.4. The molecule has 1 fully saturated rings. The molecule has 0 aliphatic carbocycles. The molecule has 33 heavy (non-hydrogen) atoms. The number of piperidine rings is 1. The Labute approximate surface area is 195 Å². The maximum absolute atomic E-state index is 12.2.